The van der Waals surface area contributed by atoms with E-state index in [0.717, 1.165) is 5.69 Å². The van der Waals surface area contributed by atoms with Crippen LogP contribution in [-0.4, -0.2) is 36.5 Å². The molecular weight excluding hydrogens is 334 g/mol. The zero-order valence-electron chi connectivity index (χ0n) is 14.6. The fourth-order valence-corrected chi connectivity index (χ4v) is 2.48. The number of likely N-dealkylation sites (N-methyl/N-ethyl adjacent to an activating group) is 1. The monoisotopic (exact) mass is 355 g/mol. The maximum atomic E-state index is 12.1. The van der Waals surface area contributed by atoms with Crippen LogP contribution in [0.25, 0.3) is 0 Å². The lowest BCUT2D eigenvalue weighted by molar-refractivity contribution is -0.116. The lowest BCUT2D eigenvalue weighted by Gasteiger charge is -2.21. The van der Waals surface area contributed by atoms with E-state index >= 15 is 0 Å². The van der Waals surface area contributed by atoms with Crippen LogP contribution >= 0.6 is 0 Å². The standard InChI is InChI=1S/C18H21N5O3/c1-3-23(10-16(20)24)14-6-4-13(5-7-14)21-18(26)22-15-9-12(19)8-11(2)17(15)25/h4-9,19H,3,10H2,1-2H3,(H2,20,24)(H2,21,22,26). The number of Topliss-reactive ketones (excluding diaryl/α,β-unsaturated/α-hetero) is 1. The molecule has 0 atom stereocenters. The normalized spacial score (nSPS) is 13.6. The number of hydrogen-bond acceptors (Lipinski definition) is 5. The summed E-state index contributed by atoms with van der Waals surface area (Å²) in [5, 5.41) is 12.7. The molecule has 0 heterocycles. The molecule has 0 aromatic heterocycles. The average Bonchev–Trinajstić information content (AvgIpc) is 2.57. The van der Waals surface area contributed by atoms with E-state index in [9.17, 15) is 14.4 Å². The lowest BCUT2D eigenvalue weighted by Crippen LogP contribution is -2.34. The molecule has 0 radical (unpaired) electrons. The topological polar surface area (TPSA) is 128 Å². The van der Waals surface area contributed by atoms with Crippen molar-refractivity contribution in [2.45, 2.75) is 13.8 Å². The second-order valence-electron chi connectivity index (χ2n) is 5.78. The number of amides is 3. The van der Waals surface area contributed by atoms with E-state index in [2.05, 4.69) is 10.6 Å². The molecule has 0 saturated heterocycles. The van der Waals surface area contributed by atoms with Crippen LogP contribution in [0, 0.1) is 5.41 Å². The van der Waals surface area contributed by atoms with Crippen molar-refractivity contribution >= 4 is 34.8 Å². The summed E-state index contributed by atoms with van der Waals surface area (Å²) < 4.78 is 0. The minimum Gasteiger partial charge on any atom is -0.368 e. The number of primary amides is 1. The molecule has 1 aromatic carbocycles. The SMILES string of the molecule is CCN(CC(N)=O)c1ccc(NC(=O)NC2=CC(=N)C=C(C)C2=O)cc1. The van der Waals surface area contributed by atoms with Crippen LogP contribution in [-0.2, 0) is 9.59 Å². The van der Waals surface area contributed by atoms with Crippen molar-refractivity contribution in [3.8, 4) is 0 Å². The van der Waals surface area contributed by atoms with E-state index in [1.54, 1.807) is 36.1 Å². The molecule has 1 aliphatic rings. The number of nitrogens with one attached hydrogen (secondary N) is 3. The molecule has 0 saturated carbocycles. The number of rotatable bonds is 6. The summed E-state index contributed by atoms with van der Waals surface area (Å²) in [6, 6.07) is 6.31. The van der Waals surface area contributed by atoms with Gasteiger partial charge in [0.2, 0.25) is 11.7 Å². The molecule has 1 aliphatic carbocycles. The Morgan fingerprint density at radius 3 is 2.38 bits per heavy atom. The largest absolute Gasteiger partial charge is 0.368 e. The van der Waals surface area contributed by atoms with Gasteiger partial charge in [-0.05, 0) is 50.3 Å². The Kier molecular flexibility index (Phi) is 5.90. The van der Waals surface area contributed by atoms with Crippen molar-refractivity contribution in [1.82, 2.24) is 5.32 Å². The molecule has 5 N–H and O–H groups in total. The zero-order valence-corrected chi connectivity index (χ0v) is 14.6. The molecule has 26 heavy (non-hydrogen) atoms. The van der Waals surface area contributed by atoms with Gasteiger partial charge in [-0.2, -0.15) is 0 Å². The highest BCUT2D eigenvalue weighted by atomic mass is 16.2. The Morgan fingerprint density at radius 1 is 1.15 bits per heavy atom. The Morgan fingerprint density at radius 2 is 1.81 bits per heavy atom. The van der Waals surface area contributed by atoms with Gasteiger partial charge in [-0.25, -0.2) is 4.79 Å². The second kappa shape index (κ2) is 8.11. The number of nitrogens with zero attached hydrogens (tertiary/aromatic N) is 1. The summed E-state index contributed by atoms with van der Waals surface area (Å²) >= 11 is 0. The summed E-state index contributed by atoms with van der Waals surface area (Å²) in [5.41, 5.74) is 7.15. The van der Waals surface area contributed by atoms with Crippen molar-refractivity contribution in [1.29, 1.82) is 5.41 Å². The smallest absolute Gasteiger partial charge is 0.323 e. The van der Waals surface area contributed by atoms with Crippen LogP contribution in [0.15, 0.2) is 47.7 Å². The van der Waals surface area contributed by atoms with Crippen molar-refractivity contribution in [2.75, 3.05) is 23.3 Å². The second-order valence-corrected chi connectivity index (χ2v) is 5.78. The van der Waals surface area contributed by atoms with Gasteiger partial charge in [0.05, 0.1) is 18.0 Å². The summed E-state index contributed by atoms with van der Waals surface area (Å²) in [7, 11) is 0. The van der Waals surface area contributed by atoms with E-state index in [-0.39, 0.29) is 23.7 Å². The number of ketones is 1. The first kappa shape index (κ1) is 18.9. The Labute approximate surface area is 151 Å². The van der Waals surface area contributed by atoms with Crippen LogP contribution in [0.3, 0.4) is 0 Å². The number of benzene rings is 1. The molecule has 8 nitrogen and oxygen atoms in total. The molecule has 0 unspecified atom stereocenters. The van der Waals surface area contributed by atoms with E-state index in [4.69, 9.17) is 11.1 Å². The van der Waals surface area contributed by atoms with Gasteiger partial charge in [0.25, 0.3) is 0 Å². The molecule has 2 rings (SSSR count). The van der Waals surface area contributed by atoms with Crippen LogP contribution < -0.4 is 21.3 Å². The number of carbonyl (C=O) groups excluding carboxylic acids is 3. The summed E-state index contributed by atoms with van der Waals surface area (Å²) in [5.74, 6) is -0.745. The lowest BCUT2D eigenvalue weighted by atomic mass is 10.0. The molecule has 136 valence electrons. The molecule has 1 aromatic rings. The van der Waals surface area contributed by atoms with Crippen LogP contribution in [0.1, 0.15) is 13.8 Å². The van der Waals surface area contributed by atoms with Crippen LogP contribution in [0.5, 0.6) is 0 Å². The van der Waals surface area contributed by atoms with E-state index in [0.29, 0.717) is 17.8 Å². The maximum absolute atomic E-state index is 12.1. The van der Waals surface area contributed by atoms with Gasteiger partial charge in [0.1, 0.15) is 0 Å². The van der Waals surface area contributed by atoms with Gasteiger partial charge in [0, 0.05) is 23.5 Å². The number of nitrogens with two attached hydrogens (primary N) is 1. The highest BCUT2D eigenvalue weighted by Crippen LogP contribution is 2.18. The van der Waals surface area contributed by atoms with Gasteiger partial charge < -0.3 is 26.7 Å². The molecule has 0 bridgehead atoms. The molecule has 3 amide bonds. The third kappa shape index (κ3) is 4.79. The highest BCUT2D eigenvalue weighted by Gasteiger charge is 2.19. The zero-order chi connectivity index (χ0) is 19.3. The van der Waals surface area contributed by atoms with E-state index in [1.807, 2.05) is 6.92 Å². The van der Waals surface area contributed by atoms with Gasteiger partial charge in [0.15, 0.2) is 0 Å². The molecule has 0 fully saturated rings. The Bertz CT molecular complexity index is 809. The minimum atomic E-state index is -0.579. The van der Waals surface area contributed by atoms with Crippen molar-refractivity contribution in [2.24, 2.45) is 5.73 Å². The first-order valence-electron chi connectivity index (χ1n) is 8.04. The Hall–Kier alpha value is -3.42. The summed E-state index contributed by atoms with van der Waals surface area (Å²) in [6.45, 7) is 4.23. The fourth-order valence-electron chi connectivity index (χ4n) is 2.48. The predicted molar refractivity (Wildman–Crippen MR) is 100 cm³/mol. The van der Waals surface area contributed by atoms with Crippen molar-refractivity contribution < 1.29 is 14.4 Å². The molecule has 8 heteroatoms. The van der Waals surface area contributed by atoms with E-state index in [1.165, 1.54) is 12.2 Å². The predicted octanol–water partition coefficient (Wildman–Crippen LogP) is 1.55. The molecule has 0 spiro atoms. The van der Waals surface area contributed by atoms with E-state index < -0.39 is 11.9 Å². The first-order chi connectivity index (χ1) is 12.3. The fraction of sp³-hybridized carbons (Fsp3) is 0.222. The molecule has 0 aliphatic heterocycles. The van der Waals surface area contributed by atoms with Crippen LogP contribution in [0.2, 0.25) is 0 Å². The summed E-state index contributed by atoms with van der Waals surface area (Å²) in [4.78, 5) is 36.9. The number of allylic oxidation sites excluding steroid dienone is 3. The van der Waals surface area contributed by atoms with Gasteiger partial charge >= 0.3 is 6.03 Å². The number of hydrogen-bond donors (Lipinski definition) is 4. The average molecular weight is 355 g/mol. The first-order valence-corrected chi connectivity index (χ1v) is 8.04. The van der Waals surface area contributed by atoms with Crippen LogP contribution in [0.4, 0.5) is 16.2 Å². The minimum absolute atomic E-state index is 0.0581. The van der Waals surface area contributed by atoms with Crippen molar-refractivity contribution in [3.05, 3.63) is 47.7 Å². The number of urea groups is 1. The quantitative estimate of drug-likeness (QED) is 0.577. The number of carbonyl (C=O) groups is 3. The maximum Gasteiger partial charge on any atom is 0.323 e. The Balaban J connectivity index is 2.00. The summed E-state index contributed by atoms with van der Waals surface area (Å²) in [6.07, 6.45) is 2.75. The number of anilines is 2. The molecular formula is C18H21N5O3. The third-order valence-electron chi connectivity index (χ3n) is 3.74. The third-order valence-corrected chi connectivity index (χ3v) is 3.74. The van der Waals surface area contributed by atoms with Gasteiger partial charge in [-0.3, -0.25) is 9.59 Å². The van der Waals surface area contributed by atoms with Gasteiger partial charge in [-0.15, -0.1) is 0 Å². The van der Waals surface area contributed by atoms with Gasteiger partial charge in [-0.1, -0.05) is 0 Å². The van der Waals surface area contributed by atoms with Crippen molar-refractivity contribution in [3.63, 3.8) is 0 Å². The highest BCUT2D eigenvalue weighted by molar-refractivity contribution is 6.21.